The van der Waals surface area contributed by atoms with Crippen LogP contribution < -0.4 is 15.5 Å². The summed E-state index contributed by atoms with van der Waals surface area (Å²) in [7, 11) is 0. The molecule has 26 heavy (non-hydrogen) atoms. The van der Waals surface area contributed by atoms with Crippen molar-refractivity contribution >= 4 is 74.9 Å². The second kappa shape index (κ2) is 9.99. The van der Waals surface area contributed by atoms with Crippen molar-refractivity contribution in [2.45, 2.75) is 25.3 Å². The zero-order chi connectivity index (χ0) is 16.4. The Balaban J connectivity index is 0.00000121. The van der Waals surface area contributed by atoms with E-state index in [-0.39, 0.29) is 36.8 Å². The summed E-state index contributed by atoms with van der Waals surface area (Å²) in [5, 5.41) is 7.55. The van der Waals surface area contributed by atoms with Crippen LogP contribution in [0.1, 0.15) is 19.3 Å². The van der Waals surface area contributed by atoms with Gasteiger partial charge in [0.2, 0.25) is 5.91 Å². The normalized spacial score (nSPS) is 19.7. The van der Waals surface area contributed by atoms with Crippen molar-refractivity contribution in [1.82, 2.24) is 10.3 Å². The third kappa shape index (κ3) is 5.16. The molecule has 2 N–H and O–H groups in total. The van der Waals surface area contributed by atoms with Gasteiger partial charge in [0.25, 0.3) is 0 Å². The van der Waals surface area contributed by atoms with Gasteiger partial charge in [-0.15, -0.1) is 24.8 Å². The molecule has 2 fully saturated rings. The maximum absolute atomic E-state index is 12.3. The number of fused-ring (bicyclic) bond motifs is 1. The summed E-state index contributed by atoms with van der Waals surface area (Å²) in [6, 6.07) is 6.30. The molecule has 1 unspecified atom stereocenters. The topological polar surface area (TPSA) is 57.3 Å². The average molecular weight is 435 g/mol. The van der Waals surface area contributed by atoms with Crippen molar-refractivity contribution in [3.05, 3.63) is 18.2 Å². The van der Waals surface area contributed by atoms with Gasteiger partial charge in [0, 0.05) is 49.3 Å². The van der Waals surface area contributed by atoms with Crippen LogP contribution in [0.3, 0.4) is 0 Å². The third-order valence-electron chi connectivity index (χ3n) is 4.47. The Kier molecular flexibility index (Phi) is 8.29. The third-order valence-corrected chi connectivity index (χ3v) is 6.68. The molecule has 0 radical (unpaired) electrons. The molecular weight excluding hydrogens is 411 g/mol. The second-order valence-electron chi connectivity index (χ2n) is 6.35. The molecule has 0 saturated carbocycles. The zero-order valence-corrected chi connectivity index (χ0v) is 17.7. The van der Waals surface area contributed by atoms with Crippen molar-refractivity contribution < 1.29 is 4.79 Å². The Hall–Kier alpha value is -0.730. The van der Waals surface area contributed by atoms with Crippen LogP contribution in [0.25, 0.3) is 10.2 Å². The number of rotatable bonds is 4. The molecular formula is C17H24Cl2N4OS2. The summed E-state index contributed by atoms with van der Waals surface area (Å²) in [6.07, 6.45) is 3.04. The zero-order valence-electron chi connectivity index (χ0n) is 14.4. The molecule has 3 heterocycles. The first-order chi connectivity index (χ1) is 11.8. The Morgan fingerprint density at radius 3 is 2.85 bits per heavy atom. The SMILES string of the molecule is Cl.Cl.O=C(CC1CSCCN1)Nc1ccc2nc(N3CCCC3)sc2c1. The summed E-state index contributed by atoms with van der Waals surface area (Å²) in [5.74, 6) is 2.23. The molecule has 2 aliphatic heterocycles. The van der Waals surface area contributed by atoms with Crippen LogP contribution >= 0.6 is 47.9 Å². The molecule has 9 heteroatoms. The van der Waals surface area contributed by atoms with Gasteiger partial charge in [-0.3, -0.25) is 4.79 Å². The molecule has 2 saturated heterocycles. The van der Waals surface area contributed by atoms with E-state index < -0.39 is 0 Å². The minimum Gasteiger partial charge on any atom is -0.348 e. The lowest BCUT2D eigenvalue weighted by atomic mass is 10.2. The summed E-state index contributed by atoms with van der Waals surface area (Å²) in [4.78, 5) is 19.3. The van der Waals surface area contributed by atoms with Gasteiger partial charge in [0.05, 0.1) is 10.2 Å². The van der Waals surface area contributed by atoms with Gasteiger partial charge in [-0.1, -0.05) is 11.3 Å². The molecule has 2 aromatic rings. The van der Waals surface area contributed by atoms with Crippen LogP contribution in [0.5, 0.6) is 0 Å². The number of nitrogens with zero attached hydrogens (tertiary/aromatic N) is 2. The number of nitrogens with one attached hydrogen (secondary N) is 2. The molecule has 0 spiro atoms. The van der Waals surface area contributed by atoms with Crippen molar-refractivity contribution in [3.8, 4) is 0 Å². The minimum absolute atomic E-state index is 0. The highest BCUT2D eigenvalue weighted by molar-refractivity contribution is 7.99. The van der Waals surface area contributed by atoms with Crippen molar-refractivity contribution in [2.24, 2.45) is 0 Å². The van der Waals surface area contributed by atoms with Crippen LogP contribution in [0.2, 0.25) is 0 Å². The molecule has 2 aliphatic rings. The molecule has 1 aromatic carbocycles. The summed E-state index contributed by atoms with van der Waals surface area (Å²) in [5.41, 5.74) is 1.89. The molecule has 4 rings (SSSR count). The van der Waals surface area contributed by atoms with Gasteiger partial charge < -0.3 is 15.5 Å². The Labute approximate surface area is 174 Å². The predicted octanol–water partition coefficient (Wildman–Crippen LogP) is 3.77. The summed E-state index contributed by atoms with van der Waals surface area (Å²) >= 11 is 3.63. The van der Waals surface area contributed by atoms with Gasteiger partial charge in [0.15, 0.2) is 5.13 Å². The molecule has 1 amide bonds. The molecule has 0 aliphatic carbocycles. The van der Waals surface area contributed by atoms with Crippen molar-refractivity contribution in [3.63, 3.8) is 0 Å². The van der Waals surface area contributed by atoms with Gasteiger partial charge in [-0.25, -0.2) is 4.98 Å². The minimum atomic E-state index is 0. The molecule has 5 nitrogen and oxygen atoms in total. The number of aromatic nitrogens is 1. The maximum Gasteiger partial charge on any atom is 0.225 e. The fraction of sp³-hybridized carbons (Fsp3) is 0.529. The number of halogens is 2. The quantitative estimate of drug-likeness (QED) is 0.766. The second-order valence-corrected chi connectivity index (χ2v) is 8.51. The fourth-order valence-corrected chi connectivity index (χ4v) is 5.23. The Bertz CT molecular complexity index is 731. The fourth-order valence-electron chi connectivity index (χ4n) is 3.22. The standard InChI is InChI=1S/C17H22N4OS2.2ClH/c22-16(10-13-11-23-8-5-18-13)19-12-3-4-14-15(9-12)24-17(20-14)21-6-1-2-7-21;;/h3-4,9,13,18H,1-2,5-8,10-11H2,(H,19,22);2*1H. The molecule has 144 valence electrons. The van der Waals surface area contributed by atoms with Crippen LogP contribution in [0.15, 0.2) is 18.2 Å². The van der Waals surface area contributed by atoms with E-state index in [4.69, 9.17) is 4.98 Å². The number of amides is 1. The van der Waals surface area contributed by atoms with Crippen LogP contribution in [-0.4, -0.2) is 48.1 Å². The first kappa shape index (κ1) is 21.6. The number of thioether (sulfide) groups is 1. The van der Waals surface area contributed by atoms with E-state index >= 15 is 0 Å². The van der Waals surface area contributed by atoms with Gasteiger partial charge in [0.1, 0.15) is 0 Å². The summed E-state index contributed by atoms with van der Waals surface area (Å²) < 4.78 is 1.14. The lowest BCUT2D eigenvalue weighted by Gasteiger charge is -2.22. The molecule has 0 bridgehead atoms. The van der Waals surface area contributed by atoms with E-state index in [1.807, 2.05) is 30.0 Å². The smallest absolute Gasteiger partial charge is 0.225 e. The van der Waals surface area contributed by atoms with Crippen LogP contribution in [-0.2, 0) is 4.79 Å². The van der Waals surface area contributed by atoms with Gasteiger partial charge >= 0.3 is 0 Å². The van der Waals surface area contributed by atoms with E-state index in [9.17, 15) is 4.79 Å². The van der Waals surface area contributed by atoms with E-state index in [1.165, 1.54) is 12.8 Å². The highest BCUT2D eigenvalue weighted by atomic mass is 35.5. The first-order valence-corrected chi connectivity index (χ1v) is 10.5. The van der Waals surface area contributed by atoms with Crippen LogP contribution in [0.4, 0.5) is 10.8 Å². The van der Waals surface area contributed by atoms with Gasteiger partial charge in [-0.2, -0.15) is 11.8 Å². The summed E-state index contributed by atoms with van der Waals surface area (Å²) in [6.45, 7) is 3.21. The van der Waals surface area contributed by atoms with Crippen LogP contribution in [0, 0.1) is 0 Å². The number of hydrogen-bond donors (Lipinski definition) is 2. The average Bonchev–Trinajstić information content (AvgIpc) is 3.24. The number of thiazole rings is 1. The molecule has 1 atom stereocenters. The number of carbonyl (C=O) groups is 1. The number of benzene rings is 1. The monoisotopic (exact) mass is 434 g/mol. The lowest BCUT2D eigenvalue weighted by Crippen LogP contribution is -2.39. The molecule has 1 aromatic heterocycles. The van der Waals surface area contributed by atoms with E-state index in [0.717, 1.165) is 52.2 Å². The number of carbonyl (C=O) groups excluding carboxylic acids is 1. The highest BCUT2D eigenvalue weighted by Gasteiger charge is 2.18. The predicted molar refractivity (Wildman–Crippen MR) is 118 cm³/mol. The Morgan fingerprint density at radius 2 is 2.12 bits per heavy atom. The largest absolute Gasteiger partial charge is 0.348 e. The Morgan fingerprint density at radius 1 is 1.31 bits per heavy atom. The maximum atomic E-state index is 12.3. The van der Waals surface area contributed by atoms with Crippen molar-refractivity contribution in [2.75, 3.05) is 41.4 Å². The van der Waals surface area contributed by atoms with E-state index in [0.29, 0.717) is 6.42 Å². The van der Waals surface area contributed by atoms with Gasteiger partial charge in [-0.05, 0) is 31.0 Å². The number of anilines is 2. The highest BCUT2D eigenvalue weighted by Crippen LogP contribution is 2.32. The number of hydrogen-bond acceptors (Lipinski definition) is 6. The van der Waals surface area contributed by atoms with E-state index in [1.54, 1.807) is 11.3 Å². The van der Waals surface area contributed by atoms with E-state index in [2.05, 4.69) is 15.5 Å². The first-order valence-electron chi connectivity index (χ1n) is 8.54. The van der Waals surface area contributed by atoms with Crippen molar-refractivity contribution in [1.29, 1.82) is 0 Å². The lowest BCUT2D eigenvalue weighted by molar-refractivity contribution is -0.116.